The lowest BCUT2D eigenvalue weighted by molar-refractivity contribution is 0.868. The molecule has 5 heteroatoms. The molecule has 1 aromatic rings. The van der Waals surface area contributed by atoms with E-state index in [9.17, 15) is 0 Å². The minimum absolute atomic E-state index is 0.535. The fourth-order valence-electron chi connectivity index (χ4n) is 1.14. The molecule has 0 unspecified atom stereocenters. The molecule has 0 spiro atoms. The molecule has 82 valence electrons. The summed E-state index contributed by atoms with van der Waals surface area (Å²) in [5, 5.41) is 26.1. The fourth-order valence-corrected chi connectivity index (χ4v) is 2.06. The SMILES string of the molecule is Cc1nnc(SCCCC#N)c(C#N)c1C. The quantitative estimate of drug-likeness (QED) is 0.588. The van der Waals surface area contributed by atoms with Crippen molar-refractivity contribution in [2.45, 2.75) is 31.7 Å². The van der Waals surface area contributed by atoms with E-state index in [2.05, 4.69) is 22.3 Å². The van der Waals surface area contributed by atoms with Crippen LogP contribution in [0.3, 0.4) is 0 Å². The van der Waals surface area contributed by atoms with Crippen LogP contribution < -0.4 is 0 Å². The summed E-state index contributed by atoms with van der Waals surface area (Å²) in [5.41, 5.74) is 2.28. The van der Waals surface area contributed by atoms with Gasteiger partial charge >= 0.3 is 0 Å². The van der Waals surface area contributed by atoms with Gasteiger partial charge in [-0.15, -0.1) is 16.9 Å². The number of aryl methyl sites for hydroxylation is 1. The Morgan fingerprint density at radius 1 is 1.25 bits per heavy atom. The first kappa shape index (κ1) is 12.5. The molecule has 0 bridgehead atoms. The van der Waals surface area contributed by atoms with Crippen LogP contribution in [0.2, 0.25) is 0 Å². The molecule has 1 heterocycles. The summed E-state index contributed by atoms with van der Waals surface area (Å²) in [6, 6.07) is 4.25. The van der Waals surface area contributed by atoms with Crippen molar-refractivity contribution in [1.82, 2.24) is 10.2 Å². The van der Waals surface area contributed by atoms with E-state index in [0.29, 0.717) is 17.0 Å². The Kier molecular flexibility index (Phi) is 4.75. The number of aromatic nitrogens is 2. The smallest absolute Gasteiger partial charge is 0.137 e. The molecule has 0 fully saturated rings. The minimum atomic E-state index is 0.535. The van der Waals surface area contributed by atoms with Crippen molar-refractivity contribution in [3.63, 3.8) is 0 Å². The second kappa shape index (κ2) is 6.09. The van der Waals surface area contributed by atoms with E-state index in [1.54, 1.807) is 0 Å². The van der Waals surface area contributed by atoms with Crippen LogP contribution in [0, 0.1) is 36.5 Å². The first-order chi connectivity index (χ1) is 7.70. The Bertz CT molecular complexity index is 456. The topological polar surface area (TPSA) is 73.4 Å². The molecule has 16 heavy (non-hydrogen) atoms. The number of unbranched alkanes of at least 4 members (excludes halogenated alkanes) is 1. The molecular weight excluding hydrogens is 220 g/mol. The Morgan fingerprint density at radius 3 is 2.62 bits per heavy atom. The molecule has 0 amide bonds. The molecule has 0 aliphatic heterocycles. The number of nitriles is 2. The van der Waals surface area contributed by atoms with Gasteiger partial charge in [0.1, 0.15) is 11.1 Å². The van der Waals surface area contributed by atoms with Gasteiger partial charge in [0.25, 0.3) is 0 Å². The molecule has 0 radical (unpaired) electrons. The molecule has 1 rings (SSSR count). The average Bonchev–Trinajstić information content (AvgIpc) is 2.29. The summed E-state index contributed by atoms with van der Waals surface area (Å²) in [7, 11) is 0. The zero-order valence-electron chi connectivity index (χ0n) is 9.32. The third-order valence-electron chi connectivity index (χ3n) is 2.21. The fraction of sp³-hybridized carbons (Fsp3) is 0.455. The van der Waals surface area contributed by atoms with Crippen LogP contribution in [-0.2, 0) is 0 Å². The Morgan fingerprint density at radius 2 is 2.00 bits per heavy atom. The lowest BCUT2D eigenvalue weighted by Gasteiger charge is -2.05. The normalized spacial score (nSPS) is 9.50. The third kappa shape index (κ3) is 2.95. The van der Waals surface area contributed by atoms with Gasteiger partial charge in [-0.1, -0.05) is 0 Å². The van der Waals surface area contributed by atoms with Crippen molar-refractivity contribution in [1.29, 1.82) is 10.5 Å². The maximum Gasteiger partial charge on any atom is 0.137 e. The average molecular weight is 232 g/mol. The lowest BCUT2D eigenvalue weighted by Crippen LogP contribution is -1.99. The molecule has 0 aromatic carbocycles. The van der Waals surface area contributed by atoms with Gasteiger partial charge in [0.05, 0.1) is 17.3 Å². The number of hydrogen-bond donors (Lipinski definition) is 0. The van der Waals surface area contributed by atoms with Gasteiger partial charge in [-0.2, -0.15) is 15.6 Å². The van der Waals surface area contributed by atoms with E-state index < -0.39 is 0 Å². The van der Waals surface area contributed by atoms with Gasteiger partial charge in [-0.3, -0.25) is 0 Å². The Hall–Kier alpha value is -1.59. The molecule has 1 aromatic heterocycles. The molecule has 4 nitrogen and oxygen atoms in total. The summed E-state index contributed by atoms with van der Waals surface area (Å²) in [5.74, 6) is 0.791. The van der Waals surface area contributed by atoms with Crippen molar-refractivity contribution < 1.29 is 0 Å². The Balaban J connectivity index is 2.78. The first-order valence-corrected chi connectivity index (χ1v) is 5.93. The minimum Gasteiger partial charge on any atom is -0.198 e. The summed E-state index contributed by atoms with van der Waals surface area (Å²) < 4.78 is 0. The van der Waals surface area contributed by atoms with Crippen molar-refractivity contribution >= 4 is 11.8 Å². The molecule has 0 saturated carbocycles. The second-order valence-electron chi connectivity index (χ2n) is 3.31. The van der Waals surface area contributed by atoms with Crippen LogP contribution in [0.15, 0.2) is 5.03 Å². The summed E-state index contributed by atoms with van der Waals surface area (Å²) in [6.07, 6.45) is 1.34. The lowest BCUT2D eigenvalue weighted by atomic mass is 10.1. The zero-order valence-corrected chi connectivity index (χ0v) is 10.1. The highest BCUT2D eigenvalue weighted by molar-refractivity contribution is 7.99. The summed E-state index contributed by atoms with van der Waals surface area (Å²) >= 11 is 1.49. The first-order valence-electron chi connectivity index (χ1n) is 4.94. The van der Waals surface area contributed by atoms with E-state index in [0.717, 1.165) is 23.4 Å². The predicted octanol–water partition coefficient (Wildman–Crippen LogP) is 2.36. The largest absolute Gasteiger partial charge is 0.198 e. The van der Waals surface area contributed by atoms with E-state index in [4.69, 9.17) is 10.5 Å². The van der Waals surface area contributed by atoms with Gasteiger partial charge in [0.2, 0.25) is 0 Å². The van der Waals surface area contributed by atoms with E-state index in [-0.39, 0.29) is 0 Å². The maximum absolute atomic E-state index is 9.04. The molecular formula is C11H12N4S. The van der Waals surface area contributed by atoms with Crippen LogP contribution in [-0.4, -0.2) is 16.0 Å². The zero-order chi connectivity index (χ0) is 12.0. The van der Waals surface area contributed by atoms with Gasteiger partial charge in [-0.05, 0) is 25.8 Å². The van der Waals surface area contributed by atoms with Crippen molar-refractivity contribution in [2.24, 2.45) is 0 Å². The van der Waals surface area contributed by atoms with Crippen molar-refractivity contribution in [3.8, 4) is 12.1 Å². The highest BCUT2D eigenvalue weighted by Gasteiger charge is 2.10. The van der Waals surface area contributed by atoms with Gasteiger partial charge < -0.3 is 0 Å². The summed E-state index contributed by atoms with van der Waals surface area (Å²) in [4.78, 5) is 0. The Labute approximate surface area is 99.3 Å². The van der Waals surface area contributed by atoms with E-state index >= 15 is 0 Å². The number of rotatable bonds is 4. The van der Waals surface area contributed by atoms with Crippen molar-refractivity contribution in [2.75, 3.05) is 5.75 Å². The number of hydrogen-bond acceptors (Lipinski definition) is 5. The highest BCUT2D eigenvalue weighted by atomic mass is 32.2. The molecule has 0 atom stereocenters. The molecule has 0 aliphatic rings. The van der Waals surface area contributed by atoms with Crippen LogP contribution >= 0.6 is 11.8 Å². The van der Waals surface area contributed by atoms with Crippen molar-refractivity contribution in [3.05, 3.63) is 16.8 Å². The highest BCUT2D eigenvalue weighted by Crippen LogP contribution is 2.23. The monoisotopic (exact) mass is 232 g/mol. The van der Waals surface area contributed by atoms with Crippen LogP contribution in [0.4, 0.5) is 0 Å². The molecule has 0 aliphatic carbocycles. The van der Waals surface area contributed by atoms with Crippen LogP contribution in [0.1, 0.15) is 29.7 Å². The van der Waals surface area contributed by atoms with Crippen LogP contribution in [0.25, 0.3) is 0 Å². The van der Waals surface area contributed by atoms with Crippen LogP contribution in [0.5, 0.6) is 0 Å². The van der Waals surface area contributed by atoms with Gasteiger partial charge in [-0.25, -0.2) is 0 Å². The third-order valence-corrected chi connectivity index (χ3v) is 3.26. The standard InChI is InChI=1S/C11H12N4S/c1-8-9(2)14-15-11(10(8)7-13)16-6-4-3-5-12/h3-4,6H2,1-2H3. The number of nitrogens with zero attached hydrogens (tertiary/aromatic N) is 4. The second-order valence-corrected chi connectivity index (χ2v) is 4.40. The predicted molar refractivity (Wildman–Crippen MR) is 61.8 cm³/mol. The van der Waals surface area contributed by atoms with E-state index in [1.165, 1.54) is 11.8 Å². The van der Waals surface area contributed by atoms with Gasteiger partial charge in [0, 0.05) is 12.2 Å². The van der Waals surface area contributed by atoms with Gasteiger partial charge in [0.15, 0.2) is 0 Å². The number of thioether (sulfide) groups is 1. The summed E-state index contributed by atoms with van der Waals surface area (Å²) in [6.45, 7) is 3.72. The molecule has 0 saturated heterocycles. The molecule has 0 N–H and O–H groups in total. The maximum atomic E-state index is 9.04. The van der Waals surface area contributed by atoms with E-state index in [1.807, 2.05) is 13.8 Å².